The average molecular weight is 280 g/mol. The number of nitrogens with zero attached hydrogens (tertiary/aromatic N) is 1. The zero-order chi connectivity index (χ0) is 14.2. The van der Waals surface area contributed by atoms with Crippen molar-refractivity contribution in [2.75, 3.05) is 6.61 Å². The largest absolute Gasteiger partial charge is 0.460 e. The maximum Gasteiger partial charge on any atom is 0.381 e. The highest BCUT2D eigenvalue weighted by Crippen LogP contribution is 2.30. The molecule has 0 amide bonds. The SMILES string of the molecule is CCOC(=O)C(=O)c1c(C)c2cccc(Cl)c2n1C. The van der Waals surface area contributed by atoms with Gasteiger partial charge in [-0.2, -0.15) is 0 Å². The lowest BCUT2D eigenvalue weighted by Crippen LogP contribution is -2.20. The molecule has 2 aromatic rings. The van der Waals surface area contributed by atoms with E-state index in [1.807, 2.05) is 12.1 Å². The van der Waals surface area contributed by atoms with Crippen LogP contribution >= 0.6 is 11.6 Å². The predicted octanol–water partition coefficient (Wildman–Crippen LogP) is 2.89. The van der Waals surface area contributed by atoms with E-state index in [-0.39, 0.29) is 6.61 Å². The van der Waals surface area contributed by atoms with Gasteiger partial charge >= 0.3 is 5.97 Å². The summed E-state index contributed by atoms with van der Waals surface area (Å²) < 4.78 is 6.40. The number of ether oxygens (including phenoxy) is 1. The molecule has 0 N–H and O–H groups in total. The van der Waals surface area contributed by atoms with Crippen LogP contribution in [0, 0.1) is 6.92 Å². The Labute approximate surface area is 115 Å². The van der Waals surface area contributed by atoms with Gasteiger partial charge < -0.3 is 9.30 Å². The summed E-state index contributed by atoms with van der Waals surface area (Å²) in [6.07, 6.45) is 0. The first-order valence-corrected chi connectivity index (χ1v) is 6.31. The average Bonchev–Trinajstić information content (AvgIpc) is 2.62. The van der Waals surface area contributed by atoms with Gasteiger partial charge in [0.15, 0.2) is 0 Å². The van der Waals surface area contributed by atoms with Crippen molar-refractivity contribution in [3.05, 3.63) is 34.5 Å². The van der Waals surface area contributed by atoms with Gasteiger partial charge in [0.05, 0.1) is 17.1 Å². The van der Waals surface area contributed by atoms with Crippen molar-refractivity contribution in [3.63, 3.8) is 0 Å². The van der Waals surface area contributed by atoms with Crippen LogP contribution in [0.3, 0.4) is 0 Å². The molecular formula is C14H14ClNO3. The number of aromatic nitrogens is 1. The topological polar surface area (TPSA) is 48.3 Å². The molecule has 0 bridgehead atoms. The summed E-state index contributed by atoms with van der Waals surface area (Å²) in [6.45, 7) is 3.63. The Morgan fingerprint density at radius 3 is 2.63 bits per heavy atom. The zero-order valence-electron chi connectivity index (χ0n) is 11.0. The Hall–Kier alpha value is -1.81. The minimum atomic E-state index is -0.840. The van der Waals surface area contributed by atoms with E-state index >= 15 is 0 Å². The summed E-state index contributed by atoms with van der Waals surface area (Å²) in [5.41, 5.74) is 1.80. The second-order valence-electron chi connectivity index (χ2n) is 4.22. The first-order chi connectivity index (χ1) is 8.99. The van der Waals surface area contributed by atoms with E-state index in [0.717, 1.165) is 16.5 Å². The molecule has 0 aliphatic rings. The summed E-state index contributed by atoms with van der Waals surface area (Å²) in [4.78, 5) is 23.7. The molecule has 19 heavy (non-hydrogen) atoms. The molecule has 0 radical (unpaired) electrons. The van der Waals surface area contributed by atoms with Crippen LogP contribution in [0.25, 0.3) is 10.9 Å². The molecule has 0 saturated carbocycles. The van der Waals surface area contributed by atoms with Gasteiger partial charge in [-0.1, -0.05) is 23.7 Å². The van der Waals surface area contributed by atoms with E-state index in [0.29, 0.717) is 10.7 Å². The van der Waals surface area contributed by atoms with Crippen LogP contribution in [-0.2, 0) is 16.6 Å². The number of esters is 1. The minimum Gasteiger partial charge on any atom is -0.460 e. The van der Waals surface area contributed by atoms with Crippen molar-refractivity contribution in [1.82, 2.24) is 4.57 Å². The lowest BCUT2D eigenvalue weighted by molar-refractivity contribution is -0.137. The zero-order valence-corrected chi connectivity index (χ0v) is 11.7. The third kappa shape index (κ3) is 2.12. The summed E-state index contributed by atoms with van der Waals surface area (Å²) in [5, 5.41) is 1.41. The lowest BCUT2D eigenvalue weighted by atomic mass is 10.1. The Morgan fingerprint density at radius 1 is 1.37 bits per heavy atom. The summed E-state index contributed by atoms with van der Waals surface area (Å²) in [7, 11) is 1.72. The molecule has 0 fully saturated rings. The number of rotatable bonds is 3. The Morgan fingerprint density at radius 2 is 2.05 bits per heavy atom. The maximum absolute atomic E-state index is 12.1. The van der Waals surface area contributed by atoms with Gasteiger partial charge in [-0.25, -0.2) is 4.79 Å². The molecule has 1 heterocycles. The maximum atomic E-state index is 12.1. The molecule has 0 aliphatic heterocycles. The normalized spacial score (nSPS) is 10.7. The molecule has 4 nitrogen and oxygen atoms in total. The van der Waals surface area contributed by atoms with E-state index in [4.69, 9.17) is 16.3 Å². The van der Waals surface area contributed by atoms with Crippen LogP contribution in [0.2, 0.25) is 5.02 Å². The molecule has 0 aliphatic carbocycles. The van der Waals surface area contributed by atoms with Crippen LogP contribution in [0.5, 0.6) is 0 Å². The fourth-order valence-electron chi connectivity index (χ4n) is 2.27. The monoisotopic (exact) mass is 279 g/mol. The van der Waals surface area contributed by atoms with Crippen LogP contribution in [0.1, 0.15) is 23.0 Å². The summed E-state index contributed by atoms with van der Waals surface area (Å²) >= 11 is 6.14. The van der Waals surface area contributed by atoms with E-state index in [2.05, 4.69) is 0 Å². The number of hydrogen-bond acceptors (Lipinski definition) is 3. The third-order valence-electron chi connectivity index (χ3n) is 3.09. The third-order valence-corrected chi connectivity index (χ3v) is 3.40. The van der Waals surface area contributed by atoms with Gasteiger partial charge in [-0.15, -0.1) is 0 Å². The van der Waals surface area contributed by atoms with Crippen molar-refractivity contribution < 1.29 is 14.3 Å². The van der Waals surface area contributed by atoms with E-state index in [9.17, 15) is 9.59 Å². The summed E-state index contributed by atoms with van der Waals surface area (Å²) in [5.74, 6) is -1.48. The molecule has 2 rings (SSSR count). The highest BCUT2D eigenvalue weighted by molar-refractivity contribution is 6.42. The number of para-hydroxylation sites is 1. The number of carbonyl (C=O) groups is 2. The Bertz CT molecular complexity index is 673. The number of aryl methyl sites for hydroxylation is 2. The van der Waals surface area contributed by atoms with E-state index in [1.54, 1.807) is 31.5 Å². The second-order valence-corrected chi connectivity index (χ2v) is 4.63. The first-order valence-electron chi connectivity index (χ1n) is 5.94. The number of benzene rings is 1. The number of halogens is 1. The van der Waals surface area contributed by atoms with E-state index < -0.39 is 11.8 Å². The van der Waals surface area contributed by atoms with Crippen LogP contribution < -0.4 is 0 Å². The standard InChI is InChI=1S/C14H14ClNO3/c1-4-19-14(18)13(17)11-8(2)9-6-5-7-10(15)12(9)16(11)3/h5-7H,4H2,1-3H3. The Balaban J connectivity index is 2.65. The highest BCUT2D eigenvalue weighted by atomic mass is 35.5. The number of fused-ring (bicyclic) bond motifs is 1. The molecule has 5 heteroatoms. The van der Waals surface area contributed by atoms with Crippen molar-refractivity contribution >= 4 is 34.3 Å². The molecule has 0 atom stereocenters. The number of carbonyl (C=O) groups excluding carboxylic acids is 2. The van der Waals surface area contributed by atoms with Gasteiger partial charge in [0.25, 0.3) is 5.78 Å². The van der Waals surface area contributed by atoms with Crippen LogP contribution in [0.15, 0.2) is 18.2 Å². The number of Topliss-reactive ketones (excluding diaryl/α,β-unsaturated/α-hetero) is 1. The van der Waals surface area contributed by atoms with Crippen molar-refractivity contribution in [1.29, 1.82) is 0 Å². The van der Waals surface area contributed by atoms with Crippen LogP contribution in [-0.4, -0.2) is 22.9 Å². The predicted molar refractivity (Wildman–Crippen MR) is 73.6 cm³/mol. The molecule has 0 saturated heterocycles. The van der Waals surface area contributed by atoms with Gasteiger partial charge in [0, 0.05) is 12.4 Å². The first kappa shape index (κ1) is 13.6. The molecule has 100 valence electrons. The van der Waals surface area contributed by atoms with Gasteiger partial charge in [-0.05, 0) is 25.5 Å². The van der Waals surface area contributed by atoms with Crippen molar-refractivity contribution in [3.8, 4) is 0 Å². The molecule has 1 aromatic carbocycles. The van der Waals surface area contributed by atoms with Crippen molar-refractivity contribution in [2.24, 2.45) is 7.05 Å². The summed E-state index contributed by atoms with van der Waals surface area (Å²) in [6, 6.07) is 5.44. The molecule has 0 unspecified atom stereocenters. The number of ketones is 1. The number of hydrogen-bond donors (Lipinski definition) is 0. The fraction of sp³-hybridized carbons (Fsp3) is 0.286. The van der Waals surface area contributed by atoms with Gasteiger partial charge in [0.1, 0.15) is 5.69 Å². The smallest absolute Gasteiger partial charge is 0.381 e. The lowest BCUT2D eigenvalue weighted by Gasteiger charge is -2.04. The minimum absolute atomic E-state index is 0.175. The molecule has 0 spiro atoms. The van der Waals surface area contributed by atoms with Crippen molar-refractivity contribution in [2.45, 2.75) is 13.8 Å². The van der Waals surface area contributed by atoms with Crippen LogP contribution in [0.4, 0.5) is 0 Å². The second kappa shape index (κ2) is 5.05. The van der Waals surface area contributed by atoms with E-state index in [1.165, 1.54) is 0 Å². The van der Waals surface area contributed by atoms with Gasteiger partial charge in [0.2, 0.25) is 0 Å². The highest BCUT2D eigenvalue weighted by Gasteiger charge is 2.25. The quantitative estimate of drug-likeness (QED) is 0.493. The fourth-order valence-corrected chi connectivity index (χ4v) is 2.57. The molecular weight excluding hydrogens is 266 g/mol. The Kier molecular flexibility index (Phi) is 3.62. The van der Waals surface area contributed by atoms with Gasteiger partial charge in [-0.3, -0.25) is 4.79 Å². The molecule has 1 aromatic heterocycles.